The van der Waals surface area contributed by atoms with E-state index >= 15 is 0 Å². The Kier molecular flexibility index (Phi) is 5.62. The summed E-state index contributed by atoms with van der Waals surface area (Å²) in [6.45, 7) is 5.44. The average molecular weight is 352 g/mol. The lowest BCUT2D eigenvalue weighted by Crippen LogP contribution is -2.02. The lowest BCUT2D eigenvalue weighted by atomic mass is 10.1. The fraction of sp³-hybridized carbons (Fsp3) is 0.182. The Balaban J connectivity index is 1.62. The molecule has 2 nitrogen and oxygen atoms in total. The summed E-state index contributed by atoms with van der Waals surface area (Å²) in [6, 6.07) is 22.4. The first-order valence-electron chi connectivity index (χ1n) is 8.38. The molecule has 0 amide bonds. The molecule has 3 rings (SSSR count). The molecule has 25 heavy (non-hydrogen) atoms. The van der Waals surface area contributed by atoms with Gasteiger partial charge in [-0.15, -0.1) is 0 Å². The summed E-state index contributed by atoms with van der Waals surface area (Å²) in [5, 5.41) is 4.11. The minimum Gasteiger partial charge on any atom is -0.487 e. The third-order valence-corrected chi connectivity index (χ3v) is 4.40. The number of benzene rings is 3. The highest BCUT2D eigenvalue weighted by atomic mass is 35.5. The quantitative estimate of drug-likeness (QED) is 0.575. The Hall–Kier alpha value is -2.45. The topological polar surface area (TPSA) is 21.3 Å². The molecule has 0 fully saturated rings. The summed E-state index contributed by atoms with van der Waals surface area (Å²) in [4.78, 5) is 0. The molecule has 0 spiro atoms. The van der Waals surface area contributed by atoms with E-state index < -0.39 is 0 Å². The predicted molar refractivity (Wildman–Crippen MR) is 105 cm³/mol. The van der Waals surface area contributed by atoms with E-state index in [-0.39, 0.29) is 0 Å². The summed E-state index contributed by atoms with van der Waals surface area (Å²) < 4.78 is 5.82. The van der Waals surface area contributed by atoms with Crippen LogP contribution in [0.5, 0.6) is 5.75 Å². The molecule has 0 saturated carbocycles. The third-order valence-electron chi connectivity index (χ3n) is 4.11. The van der Waals surface area contributed by atoms with E-state index in [2.05, 4.69) is 37.4 Å². The maximum atomic E-state index is 6.38. The van der Waals surface area contributed by atoms with E-state index in [4.69, 9.17) is 16.3 Å². The van der Waals surface area contributed by atoms with Crippen LogP contribution in [0.15, 0.2) is 66.7 Å². The zero-order valence-corrected chi connectivity index (χ0v) is 15.3. The highest BCUT2D eigenvalue weighted by Gasteiger charge is 2.05. The van der Waals surface area contributed by atoms with Gasteiger partial charge in [0.2, 0.25) is 0 Å². The first-order valence-corrected chi connectivity index (χ1v) is 8.76. The first-order chi connectivity index (χ1) is 12.1. The van der Waals surface area contributed by atoms with Gasteiger partial charge < -0.3 is 10.1 Å². The van der Waals surface area contributed by atoms with Crippen LogP contribution in [0.25, 0.3) is 0 Å². The summed E-state index contributed by atoms with van der Waals surface area (Å²) >= 11 is 6.38. The minimum atomic E-state index is 0.515. The minimum absolute atomic E-state index is 0.515. The van der Waals surface area contributed by atoms with Crippen molar-refractivity contribution in [3.63, 3.8) is 0 Å². The van der Waals surface area contributed by atoms with Gasteiger partial charge in [0, 0.05) is 12.2 Å². The van der Waals surface area contributed by atoms with Gasteiger partial charge in [-0.25, -0.2) is 0 Å². The van der Waals surface area contributed by atoms with Crippen molar-refractivity contribution < 1.29 is 4.74 Å². The van der Waals surface area contributed by atoms with Gasteiger partial charge in [-0.1, -0.05) is 60.1 Å². The molecule has 3 heteroatoms. The van der Waals surface area contributed by atoms with Crippen molar-refractivity contribution in [3.05, 3.63) is 94.0 Å². The van der Waals surface area contributed by atoms with Gasteiger partial charge >= 0.3 is 0 Å². The number of hydrogen-bond donors (Lipinski definition) is 1. The number of anilines is 1. The molecule has 0 aromatic heterocycles. The molecule has 0 unspecified atom stereocenters. The van der Waals surface area contributed by atoms with Crippen molar-refractivity contribution in [2.45, 2.75) is 27.0 Å². The van der Waals surface area contributed by atoms with Crippen LogP contribution in [0.4, 0.5) is 5.69 Å². The van der Waals surface area contributed by atoms with Crippen LogP contribution in [0.2, 0.25) is 5.02 Å². The zero-order chi connectivity index (χ0) is 17.6. The molecule has 1 N–H and O–H groups in total. The van der Waals surface area contributed by atoms with Crippen molar-refractivity contribution in [2.75, 3.05) is 5.32 Å². The SMILES string of the molecule is Cc1ccc(C)c(NCc2ccc(OCc3ccccc3)c(Cl)c2)c1. The maximum absolute atomic E-state index is 6.38. The molecule has 3 aromatic rings. The first kappa shape index (κ1) is 17.4. The molecule has 0 aliphatic carbocycles. The van der Waals surface area contributed by atoms with Gasteiger partial charge in [-0.2, -0.15) is 0 Å². The molecular weight excluding hydrogens is 330 g/mol. The molecule has 0 aliphatic heterocycles. The van der Waals surface area contributed by atoms with Crippen LogP contribution in [0.1, 0.15) is 22.3 Å². The normalized spacial score (nSPS) is 10.5. The Labute approximate surface area is 154 Å². The third kappa shape index (κ3) is 4.77. The average Bonchev–Trinajstić information content (AvgIpc) is 2.62. The number of nitrogens with one attached hydrogen (secondary N) is 1. The van der Waals surface area contributed by atoms with Gasteiger partial charge in [0.05, 0.1) is 5.02 Å². The molecule has 3 aromatic carbocycles. The van der Waals surface area contributed by atoms with Crippen molar-refractivity contribution in [2.24, 2.45) is 0 Å². The molecular formula is C22H22ClNO. The van der Waals surface area contributed by atoms with Gasteiger partial charge in [-0.05, 0) is 54.3 Å². The Morgan fingerprint density at radius 2 is 1.68 bits per heavy atom. The summed E-state index contributed by atoms with van der Waals surface area (Å²) in [7, 11) is 0. The Morgan fingerprint density at radius 3 is 2.44 bits per heavy atom. The standard InChI is InChI=1S/C22H22ClNO/c1-16-8-9-17(2)21(12-16)24-14-19-10-11-22(20(23)13-19)25-15-18-6-4-3-5-7-18/h3-13,24H,14-15H2,1-2H3. The number of aryl methyl sites for hydroxylation is 2. The number of ether oxygens (including phenoxy) is 1. The van der Waals surface area contributed by atoms with Gasteiger partial charge in [0.25, 0.3) is 0 Å². The fourth-order valence-corrected chi connectivity index (χ4v) is 2.89. The Morgan fingerprint density at radius 1 is 0.880 bits per heavy atom. The maximum Gasteiger partial charge on any atom is 0.138 e. The molecule has 0 heterocycles. The van der Waals surface area contributed by atoms with E-state index in [1.807, 2.05) is 48.5 Å². The monoisotopic (exact) mass is 351 g/mol. The van der Waals surface area contributed by atoms with E-state index in [9.17, 15) is 0 Å². The van der Waals surface area contributed by atoms with Crippen LogP contribution >= 0.6 is 11.6 Å². The lowest BCUT2D eigenvalue weighted by molar-refractivity contribution is 0.306. The van der Waals surface area contributed by atoms with Crippen LogP contribution < -0.4 is 10.1 Å². The van der Waals surface area contributed by atoms with E-state index in [0.717, 1.165) is 23.4 Å². The van der Waals surface area contributed by atoms with E-state index in [1.54, 1.807) is 0 Å². The largest absolute Gasteiger partial charge is 0.487 e. The van der Waals surface area contributed by atoms with Crippen molar-refractivity contribution in [3.8, 4) is 5.75 Å². The van der Waals surface area contributed by atoms with Crippen molar-refractivity contribution >= 4 is 17.3 Å². The molecule has 0 radical (unpaired) electrons. The van der Waals surface area contributed by atoms with Crippen LogP contribution in [-0.2, 0) is 13.2 Å². The number of hydrogen-bond acceptors (Lipinski definition) is 2. The molecule has 0 atom stereocenters. The van der Waals surface area contributed by atoms with Gasteiger partial charge in [-0.3, -0.25) is 0 Å². The van der Waals surface area contributed by atoms with Crippen molar-refractivity contribution in [1.82, 2.24) is 0 Å². The zero-order valence-electron chi connectivity index (χ0n) is 14.6. The second kappa shape index (κ2) is 8.09. The highest BCUT2D eigenvalue weighted by Crippen LogP contribution is 2.27. The van der Waals surface area contributed by atoms with E-state index in [1.165, 1.54) is 11.1 Å². The van der Waals surface area contributed by atoms with Crippen molar-refractivity contribution in [1.29, 1.82) is 0 Å². The second-order valence-electron chi connectivity index (χ2n) is 6.21. The molecule has 128 valence electrons. The Bertz CT molecular complexity index is 846. The molecule has 0 aliphatic rings. The summed E-state index contributed by atoms with van der Waals surface area (Å²) in [5.41, 5.74) is 5.88. The highest BCUT2D eigenvalue weighted by molar-refractivity contribution is 6.32. The molecule has 0 saturated heterocycles. The van der Waals surface area contributed by atoms with Crippen LogP contribution in [0, 0.1) is 13.8 Å². The van der Waals surface area contributed by atoms with Crippen LogP contribution in [-0.4, -0.2) is 0 Å². The molecule has 0 bridgehead atoms. The van der Waals surface area contributed by atoms with Gasteiger partial charge in [0.15, 0.2) is 0 Å². The smallest absolute Gasteiger partial charge is 0.138 e. The number of rotatable bonds is 6. The summed E-state index contributed by atoms with van der Waals surface area (Å²) in [6.07, 6.45) is 0. The van der Waals surface area contributed by atoms with Crippen LogP contribution in [0.3, 0.4) is 0 Å². The van der Waals surface area contributed by atoms with Gasteiger partial charge in [0.1, 0.15) is 12.4 Å². The fourth-order valence-electron chi connectivity index (χ4n) is 2.63. The summed E-state index contributed by atoms with van der Waals surface area (Å²) in [5.74, 6) is 0.709. The number of halogens is 1. The second-order valence-corrected chi connectivity index (χ2v) is 6.62. The lowest BCUT2D eigenvalue weighted by Gasteiger charge is -2.12. The van der Waals surface area contributed by atoms with E-state index in [0.29, 0.717) is 17.4 Å². The predicted octanol–water partition coefficient (Wildman–Crippen LogP) is 6.15.